The molecule has 0 fully saturated rings. The highest BCUT2D eigenvalue weighted by Crippen LogP contribution is 2.38. The molecule has 0 saturated carbocycles. The average molecular weight is 397 g/mol. The van der Waals surface area contributed by atoms with Gasteiger partial charge in [-0.05, 0) is 39.3 Å². The van der Waals surface area contributed by atoms with Crippen LogP contribution in [0.4, 0.5) is 0 Å². The minimum atomic E-state index is -0.435. The Morgan fingerprint density at radius 1 is 1.07 bits per heavy atom. The molecule has 2 rings (SSSR count). The molecule has 29 heavy (non-hydrogen) atoms. The quantitative estimate of drug-likeness (QED) is 0.213. The maximum atomic E-state index is 13.3. The summed E-state index contributed by atoms with van der Waals surface area (Å²) >= 11 is 0. The van der Waals surface area contributed by atoms with Gasteiger partial charge in [-0.3, -0.25) is 9.59 Å². The Balaban J connectivity index is 2.67. The maximum absolute atomic E-state index is 13.3. The van der Waals surface area contributed by atoms with Gasteiger partial charge in [-0.15, -0.1) is 0 Å². The van der Waals surface area contributed by atoms with Gasteiger partial charge in [0.25, 0.3) is 0 Å². The van der Waals surface area contributed by atoms with Gasteiger partial charge in [-0.25, -0.2) is 0 Å². The van der Waals surface area contributed by atoms with Crippen LogP contribution in [0.5, 0.6) is 11.5 Å². The zero-order valence-corrected chi connectivity index (χ0v) is 18.3. The lowest BCUT2D eigenvalue weighted by molar-refractivity contribution is -0.458. The van der Waals surface area contributed by atoms with Crippen molar-refractivity contribution in [2.24, 2.45) is 0 Å². The number of esters is 1. The molecule has 0 unspecified atom stereocenters. The summed E-state index contributed by atoms with van der Waals surface area (Å²) in [7, 11) is 0. The van der Waals surface area contributed by atoms with Gasteiger partial charge in [0.1, 0.15) is 17.7 Å². The number of carbonyl (C=O) groups is 2. The van der Waals surface area contributed by atoms with Crippen LogP contribution in [0.3, 0.4) is 0 Å². The van der Waals surface area contributed by atoms with Crippen LogP contribution in [0, 0.1) is 0 Å². The Morgan fingerprint density at radius 3 is 2.21 bits per heavy atom. The Bertz CT molecular complexity index is 995. The van der Waals surface area contributed by atoms with Gasteiger partial charge in [0.15, 0.2) is 5.70 Å². The van der Waals surface area contributed by atoms with Crippen molar-refractivity contribution in [1.82, 2.24) is 0 Å². The summed E-state index contributed by atoms with van der Waals surface area (Å²) in [5.41, 5.74) is 2.56. The molecule has 0 saturated heterocycles. The first kappa shape index (κ1) is 22.3. The lowest BCUT2D eigenvalue weighted by atomic mass is 10.0. The predicted molar refractivity (Wildman–Crippen MR) is 116 cm³/mol. The number of nitrogens with zero attached hydrogens (tertiary/aromatic N) is 1. The topological polar surface area (TPSA) is 55.6 Å². The predicted octanol–water partition coefficient (Wildman–Crippen LogP) is 5.15. The van der Waals surface area contributed by atoms with Crippen molar-refractivity contribution >= 4 is 28.7 Å². The van der Waals surface area contributed by atoms with Gasteiger partial charge in [0, 0.05) is 31.5 Å². The van der Waals surface area contributed by atoms with E-state index in [0.717, 1.165) is 22.0 Å². The second kappa shape index (κ2) is 9.50. The van der Waals surface area contributed by atoms with Crippen molar-refractivity contribution in [1.29, 1.82) is 0 Å². The Kier molecular flexibility index (Phi) is 7.32. The largest absolute Gasteiger partial charge is 0.490 e. The van der Waals surface area contributed by atoms with E-state index in [9.17, 15) is 9.59 Å². The van der Waals surface area contributed by atoms with E-state index in [4.69, 9.17) is 9.47 Å². The zero-order valence-electron chi connectivity index (χ0n) is 18.3. The van der Waals surface area contributed by atoms with E-state index in [1.54, 1.807) is 6.07 Å². The van der Waals surface area contributed by atoms with Crippen LogP contribution in [0.1, 0.15) is 58.8 Å². The standard InChI is InChI=1S/C24H30NO4/c1-8-25(17(6)15(2)3)14-22(27)21-13-23(29-18(7)26)19-11-9-10-12-20(19)24(21)28-16(4)5/h8-13,16H,14H2,1-7H3/q+1/b25-8-. The normalized spacial score (nSPS) is 11.5. The summed E-state index contributed by atoms with van der Waals surface area (Å²) in [6.45, 7) is 13.3. The summed E-state index contributed by atoms with van der Waals surface area (Å²) in [6, 6.07) is 9.09. The first-order chi connectivity index (χ1) is 13.6. The number of rotatable bonds is 7. The van der Waals surface area contributed by atoms with Crippen LogP contribution in [-0.4, -0.2) is 35.2 Å². The van der Waals surface area contributed by atoms with E-state index >= 15 is 0 Å². The molecule has 2 aromatic carbocycles. The molecule has 0 aliphatic rings. The van der Waals surface area contributed by atoms with Crippen LogP contribution >= 0.6 is 0 Å². The summed E-state index contributed by atoms with van der Waals surface area (Å²) in [5, 5.41) is 1.48. The number of allylic oxidation sites excluding steroid dienone is 2. The first-order valence-corrected chi connectivity index (χ1v) is 9.79. The molecule has 2 aromatic rings. The fourth-order valence-corrected chi connectivity index (χ4v) is 3.06. The highest BCUT2D eigenvalue weighted by atomic mass is 16.5. The van der Waals surface area contributed by atoms with Gasteiger partial charge in [-0.2, -0.15) is 4.58 Å². The lowest BCUT2D eigenvalue weighted by Crippen LogP contribution is -2.22. The van der Waals surface area contributed by atoms with Crippen LogP contribution in [0.25, 0.3) is 10.8 Å². The molecule has 0 heterocycles. The van der Waals surface area contributed by atoms with E-state index in [1.165, 1.54) is 6.92 Å². The lowest BCUT2D eigenvalue weighted by Gasteiger charge is -2.18. The third-order valence-electron chi connectivity index (χ3n) is 4.64. The molecular formula is C24H30NO4+. The molecule has 0 amide bonds. The fourth-order valence-electron chi connectivity index (χ4n) is 3.06. The van der Waals surface area contributed by atoms with Crippen molar-refractivity contribution < 1.29 is 23.6 Å². The number of ether oxygens (including phenoxy) is 2. The fraction of sp³-hybridized carbons (Fsp3) is 0.375. The summed E-state index contributed by atoms with van der Waals surface area (Å²) < 4.78 is 13.4. The van der Waals surface area contributed by atoms with Crippen molar-refractivity contribution in [3.63, 3.8) is 0 Å². The second-order valence-electron chi connectivity index (χ2n) is 7.45. The molecule has 0 aromatic heterocycles. The van der Waals surface area contributed by atoms with E-state index in [1.807, 2.05) is 76.6 Å². The van der Waals surface area contributed by atoms with Gasteiger partial charge in [0.05, 0.1) is 11.7 Å². The van der Waals surface area contributed by atoms with E-state index < -0.39 is 5.97 Å². The van der Waals surface area contributed by atoms with Crippen molar-refractivity contribution in [3.8, 4) is 11.5 Å². The summed E-state index contributed by atoms with van der Waals surface area (Å²) in [6.07, 6.45) is 1.77. The third-order valence-corrected chi connectivity index (χ3v) is 4.64. The Morgan fingerprint density at radius 2 is 1.69 bits per heavy atom. The van der Waals surface area contributed by atoms with Crippen molar-refractivity contribution in [2.75, 3.05) is 6.54 Å². The van der Waals surface area contributed by atoms with Crippen molar-refractivity contribution in [3.05, 3.63) is 47.2 Å². The number of hydrogen-bond donors (Lipinski definition) is 0. The van der Waals surface area contributed by atoms with Crippen LogP contribution < -0.4 is 9.47 Å². The summed E-state index contributed by atoms with van der Waals surface area (Å²) in [5.74, 6) is 0.328. The number of fused-ring (bicyclic) bond motifs is 1. The number of hydrogen-bond acceptors (Lipinski definition) is 4. The van der Waals surface area contributed by atoms with Gasteiger partial charge < -0.3 is 9.47 Å². The number of Topliss-reactive ketones (excluding diaryl/α,β-unsaturated/α-hetero) is 1. The molecule has 154 valence electrons. The summed E-state index contributed by atoms with van der Waals surface area (Å²) in [4.78, 5) is 25.0. The number of carbonyl (C=O) groups excluding carboxylic acids is 2. The molecule has 0 bridgehead atoms. The van der Waals surface area contributed by atoms with Gasteiger partial charge in [-0.1, -0.05) is 24.3 Å². The van der Waals surface area contributed by atoms with Crippen molar-refractivity contribution in [2.45, 2.75) is 54.6 Å². The zero-order chi connectivity index (χ0) is 21.7. The average Bonchev–Trinajstić information content (AvgIpc) is 2.66. The molecule has 0 spiro atoms. The molecular weight excluding hydrogens is 366 g/mol. The number of benzene rings is 2. The molecule has 0 aliphatic heterocycles. The molecule has 0 aliphatic carbocycles. The second-order valence-corrected chi connectivity index (χ2v) is 7.45. The molecule has 5 heteroatoms. The van der Waals surface area contributed by atoms with Gasteiger partial charge >= 0.3 is 5.97 Å². The van der Waals surface area contributed by atoms with E-state index in [-0.39, 0.29) is 18.4 Å². The molecule has 5 nitrogen and oxygen atoms in total. The smallest absolute Gasteiger partial charge is 0.308 e. The Hall–Kier alpha value is -2.95. The maximum Gasteiger partial charge on any atom is 0.308 e. The van der Waals surface area contributed by atoms with E-state index in [2.05, 4.69) is 0 Å². The highest BCUT2D eigenvalue weighted by Gasteiger charge is 2.24. The minimum Gasteiger partial charge on any atom is -0.490 e. The monoisotopic (exact) mass is 396 g/mol. The minimum absolute atomic E-state index is 0.112. The molecule has 0 atom stereocenters. The SMILES string of the molecule is C/C=[N+](/CC(=O)c1cc(OC(C)=O)c2ccccc2c1OC(C)C)C(C)=C(C)C. The van der Waals surface area contributed by atoms with E-state index in [0.29, 0.717) is 17.1 Å². The molecule has 0 radical (unpaired) electrons. The van der Waals surface area contributed by atoms with Crippen LogP contribution in [-0.2, 0) is 4.79 Å². The van der Waals surface area contributed by atoms with Crippen LogP contribution in [0.2, 0.25) is 0 Å². The highest BCUT2D eigenvalue weighted by molar-refractivity contribution is 6.08. The number of ketones is 1. The van der Waals surface area contributed by atoms with Gasteiger partial charge in [0.2, 0.25) is 12.3 Å². The first-order valence-electron chi connectivity index (χ1n) is 9.79. The molecule has 0 N–H and O–H groups in total. The Labute approximate surface area is 172 Å². The third kappa shape index (κ3) is 5.31. The van der Waals surface area contributed by atoms with Crippen LogP contribution in [0.15, 0.2) is 41.6 Å².